The molecule has 3 amide bonds. The van der Waals surface area contributed by atoms with Crippen LogP contribution in [0.5, 0.6) is 0 Å². The number of ether oxygens (including phenoxy) is 1. The second-order valence-corrected chi connectivity index (χ2v) is 14.2. The summed E-state index contributed by atoms with van der Waals surface area (Å²) in [4.78, 5) is 49.3. The molecule has 3 aliphatic rings. The number of alkyl halides is 1. The molecule has 46 heavy (non-hydrogen) atoms. The van der Waals surface area contributed by atoms with E-state index in [1.165, 1.54) is 0 Å². The molecule has 0 aromatic heterocycles. The molecule has 3 aliphatic heterocycles. The number of aliphatic hydroxyl groups excluding tert-OH is 1. The molecule has 2 aromatic rings. The quantitative estimate of drug-likeness (QED) is 0.231. The molecule has 2 bridgehead atoms. The second kappa shape index (κ2) is 13.8. The first kappa shape index (κ1) is 34.1. The Hall–Kier alpha value is -3.27. The van der Waals surface area contributed by atoms with Gasteiger partial charge >= 0.3 is 0 Å². The Morgan fingerprint density at radius 3 is 2.33 bits per heavy atom. The minimum atomic E-state index is -1.25. The van der Waals surface area contributed by atoms with E-state index in [1.807, 2.05) is 76.2 Å². The van der Waals surface area contributed by atoms with E-state index in [2.05, 4.69) is 29.1 Å². The fourth-order valence-electron chi connectivity index (χ4n) is 8.00. The van der Waals surface area contributed by atoms with Crippen molar-refractivity contribution < 1.29 is 24.2 Å². The van der Waals surface area contributed by atoms with Crippen molar-refractivity contribution in [3.8, 4) is 0 Å². The summed E-state index contributed by atoms with van der Waals surface area (Å²) in [5, 5.41) is 10.8. The third-order valence-electron chi connectivity index (χ3n) is 10.3. The number of para-hydroxylation sites is 1. The van der Waals surface area contributed by atoms with Crippen molar-refractivity contribution in [2.45, 2.75) is 75.7 Å². The Bertz CT molecular complexity index is 1460. The number of rotatable bonds is 13. The highest BCUT2D eigenvalue weighted by Crippen LogP contribution is 2.61. The molecular formula is C37H46BrN3O5. The number of halogens is 1. The molecule has 3 fully saturated rings. The number of hydrogen-bond donors (Lipinski definition) is 1. The van der Waals surface area contributed by atoms with Crippen LogP contribution in [0, 0.1) is 31.6 Å². The summed E-state index contributed by atoms with van der Waals surface area (Å²) >= 11 is 3.80. The van der Waals surface area contributed by atoms with Gasteiger partial charge in [-0.2, -0.15) is 0 Å². The Balaban J connectivity index is 1.63. The lowest BCUT2D eigenvalue weighted by molar-refractivity contribution is -0.148. The average Bonchev–Trinajstić information content (AvgIpc) is 3.63. The molecule has 1 N–H and O–H groups in total. The summed E-state index contributed by atoms with van der Waals surface area (Å²) in [6.07, 6.45) is 3.86. The van der Waals surface area contributed by atoms with E-state index >= 15 is 4.79 Å². The van der Waals surface area contributed by atoms with Crippen LogP contribution in [0.25, 0.3) is 0 Å². The number of likely N-dealkylation sites (tertiary alicyclic amines) is 1. The van der Waals surface area contributed by atoms with Crippen LogP contribution in [-0.2, 0) is 25.7 Å². The Labute approximate surface area is 281 Å². The minimum Gasteiger partial charge on any atom is -0.394 e. The van der Waals surface area contributed by atoms with Crippen molar-refractivity contribution in [2.24, 2.45) is 17.8 Å². The molecule has 3 unspecified atom stereocenters. The SMILES string of the molecule is C=CCN(Cc1ccccc1)C(=O)[C@H]1[C@@H]2OC3(CC2Br)C(C(=O)N(CC=C)c2c(C)cccc2C)N([C@@H](CO)[C@@H](C)CC)C(=O)[C@H]13. The lowest BCUT2D eigenvalue weighted by Gasteiger charge is -2.41. The van der Waals surface area contributed by atoms with Crippen LogP contribution in [-0.4, -0.2) is 80.9 Å². The van der Waals surface area contributed by atoms with E-state index in [0.717, 1.165) is 22.4 Å². The topological polar surface area (TPSA) is 90.4 Å². The molecule has 246 valence electrons. The lowest BCUT2D eigenvalue weighted by atomic mass is 9.70. The van der Waals surface area contributed by atoms with Crippen molar-refractivity contribution in [3.05, 3.63) is 90.5 Å². The number of benzene rings is 2. The van der Waals surface area contributed by atoms with E-state index in [0.29, 0.717) is 25.9 Å². The summed E-state index contributed by atoms with van der Waals surface area (Å²) in [6.45, 7) is 16.3. The summed E-state index contributed by atoms with van der Waals surface area (Å²) in [7, 11) is 0. The van der Waals surface area contributed by atoms with Gasteiger partial charge in [-0.25, -0.2) is 0 Å². The molecule has 8 atom stereocenters. The van der Waals surface area contributed by atoms with E-state index in [4.69, 9.17) is 4.74 Å². The first-order valence-corrected chi connectivity index (χ1v) is 17.1. The zero-order chi connectivity index (χ0) is 33.3. The normalized spacial score (nSPS) is 27.7. The molecule has 0 aliphatic carbocycles. The molecule has 9 heteroatoms. The van der Waals surface area contributed by atoms with Crippen molar-refractivity contribution in [1.82, 2.24) is 9.80 Å². The Kier molecular flexibility index (Phi) is 10.3. The van der Waals surface area contributed by atoms with Gasteiger partial charge in [0.1, 0.15) is 11.6 Å². The summed E-state index contributed by atoms with van der Waals surface area (Å²) in [5.74, 6) is -2.59. The van der Waals surface area contributed by atoms with Crippen LogP contribution in [0.15, 0.2) is 73.8 Å². The molecule has 2 aromatic carbocycles. The third kappa shape index (κ3) is 5.64. The maximum Gasteiger partial charge on any atom is 0.253 e. The zero-order valence-corrected chi connectivity index (χ0v) is 28.9. The van der Waals surface area contributed by atoms with Crippen LogP contribution < -0.4 is 4.90 Å². The highest BCUT2D eigenvalue weighted by atomic mass is 79.9. The molecule has 0 radical (unpaired) electrons. The highest BCUT2D eigenvalue weighted by Gasteiger charge is 2.77. The first-order chi connectivity index (χ1) is 22.1. The maximum atomic E-state index is 15.1. The molecular weight excluding hydrogens is 646 g/mol. The maximum absolute atomic E-state index is 15.1. The number of hydrogen-bond acceptors (Lipinski definition) is 5. The third-order valence-corrected chi connectivity index (χ3v) is 11.1. The molecule has 0 saturated carbocycles. The van der Waals surface area contributed by atoms with E-state index < -0.39 is 35.6 Å². The van der Waals surface area contributed by atoms with Crippen LogP contribution in [0.4, 0.5) is 5.69 Å². The number of anilines is 1. The van der Waals surface area contributed by atoms with Gasteiger partial charge in [0.05, 0.1) is 30.6 Å². The predicted molar refractivity (Wildman–Crippen MR) is 183 cm³/mol. The molecule has 1 spiro atoms. The smallest absolute Gasteiger partial charge is 0.253 e. The lowest BCUT2D eigenvalue weighted by Crippen LogP contribution is -2.60. The summed E-state index contributed by atoms with van der Waals surface area (Å²) < 4.78 is 6.84. The molecule has 8 nitrogen and oxygen atoms in total. The second-order valence-electron chi connectivity index (χ2n) is 13.0. The number of carbonyl (C=O) groups excluding carboxylic acids is 3. The number of nitrogens with zero attached hydrogens (tertiary/aromatic N) is 3. The van der Waals surface area contributed by atoms with Gasteiger partial charge in [0, 0.05) is 30.1 Å². The van der Waals surface area contributed by atoms with E-state index in [-0.39, 0.29) is 41.6 Å². The van der Waals surface area contributed by atoms with Crippen molar-refractivity contribution in [1.29, 1.82) is 0 Å². The molecule has 5 rings (SSSR count). The largest absolute Gasteiger partial charge is 0.394 e. The first-order valence-electron chi connectivity index (χ1n) is 16.2. The average molecular weight is 693 g/mol. The van der Waals surface area contributed by atoms with E-state index in [9.17, 15) is 14.7 Å². The summed E-state index contributed by atoms with van der Waals surface area (Å²) in [5.41, 5.74) is 2.32. The van der Waals surface area contributed by atoms with Crippen LogP contribution in [0.3, 0.4) is 0 Å². The zero-order valence-electron chi connectivity index (χ0n) is 27.3. The molecule has 3 heterocycles. The highest BCUT2D eigenvalue weighted by molar-refractivity contribution is 9.09. The fourth-order valence-corrected chi connectivity index (χ4v) is 8.95. The van der Waals surface area contributed by atoms with Gasteiger partial charge in [-0.15, -0.1) is 13.2 Å². The number of fused-ring (bicyclic) bond motifs is 1. The number of carbonyl (C=O) groups is 3. The number of aliphatic hydroxyl groups is 1. The predicted octanol–water partition coefficient (Wildman–Crippen LogP) is 5.19. The number of aryl methyl sites for hydroxylation is 2. The summed E-state index contributed by atoms with van der Waals surface area (Å²) in [6, 6.07) is 13.9. The van der Waals surface area contributed by atoms with Gasteiger partial charge in [-0.3, -0.25) is 14.4 Å². The fraction of sp³-hybridized carbons (Fsp3) is 0.486. The van der Waals surface area contributed by atoms with Gasteiger partial charge in [0.25, 0.3) is 5.91 Å². The van der Waals surface area contributed by atoms with E-state index in [1.54, 1.807) is 26.9 Å². The van der Waals surface area contributed by atoms with Crippen LogP contribution in [0.2, 0.25) is 0 Å². The van der Waals surface area contributed by atoms with Crippen LogP contribution in [0.1, 0.15) is 43.4 Å². The van der Waals surface area contributed by atoms with Crippen LogP contribution >= 0.6 is 15.9 Å². The minimum absolute atomic E-state index is 0.103. The number of amides is 3. The van der Waals surface area contributed by atoms with Gasteiger partial charge < -0.3 is 24.5 Å². The molecule has 3 saturated heterocycles. The van der Waals surface area contributed by atoms with Crippen molar-refractivity contribution in [3.63, 3.8) is 0 Å². The van der Waals surface area contributed by atoms with Gasteiger partial charge in [-0.1, -0.05) is 96.9 Å². The standard InChI is InChI=1S/C37H46BrN3O5/c1-7-18-39(21-26-16-11-10-12-17-26)34(43)29-30-35(44)41(28(22-42)23(4)9-3)33(37(30)20-27(38)32(29)46-37)36(45)40(19-8-2)31-24(5)14-13-15-25(31)6/h7-8,10-17,23,27-30,32-33,42H,1-2,9,18-22H2,3-6H3/t23-,27?,28-,29+,30-,32+,33?,37?/m0/s1. The Morgan fingerprint density at radius 2 is 1.74 bits per heavy atom. The van der Waals surface area contributed by atoms with Gasteiger partial charge in [0.2, 0.25) is 11.8 Å². The van der Waals surface area contributed by atoms with Gasteiger partial charge in [-0.05, 0) is 42.9 Å². The van der Waals surface area contributed by atoms with Crippen molar-refractivity contribution in [2.75, 3.05) is 24.6 Å². The van der Waals surface area contributed by atoms with Crippen molar-refractivity contribution >= 4 is 39.3 Å². The Morgan fingerprint density at radius 1 is 1.09 bits per heavy atom. The van der Waals surface area contributed by atoms with Gasteiger partial charge in [0.15, 0.2) is 0 Å². The monoisotopic (exact) mass is 691 g/mol.